The van der Waals surface area contributed by atoms with Gasteiger partial charge in [-0.3, -0.25) is 5.10 Å². The molecular weight excluding hydrogens is 254 g/mol. The van der Waals surface area contributed by atoms with Crippen molar-refractivity contribution in [1.82, 2.24) is 10.2 Å². The van der Waals surface area contributed by atoms with Crippen LogP contribution in [-0.4, -0.2) is 27.0 Å². The predicted octanol–water partition coefficient (Wildman–Crippen LogP) is 2.50. The van der Waals surface area contributed by atoms with Crippen molar-refractivity contribution in [3.8, 4) is 22.8 Å². The number of H-pyrrole nitrogens is 1. The normalized spacial score (nSPS) is 14.1. The summed E-state index contributed by atoms with van der Waals surface area (Å²) in [6, 6.07) is 2.74. The smallest absolute Gasteiger partial charge is 0.137 e. The van der Waals surface area contributed by atoms with Crippen LogP contribution in [0.15, 0.2) is 12.1 Å². The monoisotopic (exact) mass is 265 g/mol. The van der Waals surface area contributed by atoms with Crippen LogP contribution in [0.25, 0.3) is 11.3 Å². The summed E-state index contributed by atoms with van der Waals surface area (Å²) in [4.78, 5) is 0. The minimum atomic E-state index is -0.143. The zero-order valence-corrected chi connectivity index (χ0v) is 10.3. The van der Waals surface area contributed by atoms with E-state index in [2.05, 4.69) is 15.5 Å². The van der Waals surface area contributed by atoms with E-state index in [0.717, 1.165) is 30.8 Å². The Morgan fingerprint density at radius 2 is 2.06 bits per heavy atom. The van der Waals surface area contributed by atoms with Gasteiger partial charge in [0.15, 0.2) is 0 Å². The van der Waals surface area contributed by atoms with Gasteiger partial charge in [-0.15, -0.1) is 0 Å². The number of halogens is 1. The molecule has 0 saturated heterocycles. The van der Waals surface area contributed by atoms with E-state index in [0.29, 0.717) is 11.3 Å². The molecule has 0 unspecified atom stereocenters. The Morgan fingerprint density at radius 1 is 1.22 bits per heavy atom. The van der Waals surface area contributed by atoms with Crippen LogP contribution in [0.4, 0.5) is 5.69 Å². The van der Waals surface area contributed by atoms with Crippen molar-refractivity contribution in [2.45, 2.75) is 12.8 Å². The third-order valence-corrected chi connectivity index (χ3v) is 3.37. The molecule has 6 heteroatoms. The Kier molecular flexibility index (Phi) is 2.56. The second kappa shape index (κ2) is 4.10. The van der Waals surface area contributed by atoms with E-state index in [1.165, 1.54) is 12.1 Å². The van der Waals surface area contributed by atoms with Crippen LogP contribution in [0.5, 0.6) is 11.5 Å². The first-order valence-corrected chi connectivity index (χ1v) is 6.07. The molecule has 1 aliphatic heterocycles. The number of phenolic OH excluding ortho intramolecular Hbond substituents is 2. The van der Waals surface area contributed by atoms with Crippen LogP contribution in [0, 0.1) is 0 Å². The summed E-state index contributed by atoms with van der Waals surface area (Å²) >= 11 is 5.87. The van der Waals surface area contributed by atoms with Gasteiger partial charge in [-0.2, -0.15) is 5.10 Å². The zero-order chi connectivity index (χ0) is 12.7. The highest BCUT2D eigenvalue weighted by molar-refractivity contribution is 6.32. The number of fused-ring (bicyclic) bond motifs is 1. The molecule has 2 aromatic rings. The molecule has 2 heterocycles. The molecule has 18 heavy (non-hydrogen) atoms. The molecule has 0 atom stereocenters. The third-order valence-electron chi connectivity index (χ3n) is 3.07. The number of phenols is 2. The average molecular weight is 266 g/mol. The minimum absolute atomic E-state index is 0.0430. The molecule has 4 N–H and O–H groups in total. The number of anilines is 1. The first-order valence-electron chi connectivity index (χ1n) is 5.70. The largest absolute Gasteiger partial charge is 0.507 e. The van der Waals surface area contributed by atoms with Gasteiger partial charge in [0.25, 0.3) is 0 Å². The van der Waals surface area contributed by atoms with Crippen LogP contribution in [0.2, 0.25) is 5.02 Å². The maximum atomic E-state index is 9.89. The van der Waals surface area contributed by atoms with Crippen molar-refractivity contribution in [2.75, 3.05) is 11.9 Å². The molecule has 0 fully saturated rings. The molecule has 0 bridgehead atoms. The number of hydrogen-bond donors (Lipinski definition) is 4. The van der Waals surface area contributed by atoms with Crippen molar-refractivity contribution < 1.29 is 10.2 Å². The maximum Gasteiger partial charge on any atom is 0.137 e. The molecule has 0 spiro atoms. The summed E-state index contributed by atoms with van der Waals surface area (Å²) in [5, 5.41) is 29.9. The fourth-order valence-electron chi connectivity index (χ4n) is 2.16. The first kappa shape index (κ1) is 11.2. The summed E-state index contributed by atoms with van der Waals surface area (Å²) in [5.41, 5.74) is 3.06. The van der Waals surface area contributed by atoms with Crippen molar-refractivity contribution in [2.24, 2.45) is 0 Å². The molecule has 0 aliphatic carbocycles. The van der Waals surface area contributed by atoms with Gasteiger partial charge in [-0.1, -0.05) is 11.6 Å². The second-order valence-electron chi connectivity index (χ2n) is 4.28. The van der Waals surface area contributed by atoms with Crippen LogP contribution < -0.4 is 5.32 Å². The molecule has 1 aromatic heterocycles. The van der Waals surface area contributed by atoms with Gasteiger partial charge in [-0.05, 0) is 18.9 Å². The zero-order valence-electron chi connectivity index (χ0n) is 9.50. The number of hydrogen-bond acceptors (Lipinski definition) is 4. The van der Waals surface area contributed by atoms with Crippen molar-refractivity contribution in [3.63, 3.8) is 0 Å². The lowest BCUT2D eigenvalue weighted by Gasteiger charge is -2.14. The highest BCUT2D eigenvalue weighted by Gasteiger charge is 2.20. The molecule has 1 aliphatic rings. The number of aryl methyl sites for hydroxylation is 1. The van der Waals surface area contributed by atoms with Crippen LogP contribution >= 0.6 is 11.6 Å². The lowest BCUT2D eigenvalue weighted by atomic mass is 10.0. The summed E-state index contributed by atoms with van der Waals surface area (Å²) in [6.07, 6.45) is 1.98. The Hall–Kier alpha value is -1.88. The highest BCUT2D eigenvalue weighted by atomic mass is 35.5. The molecule has 0 saturated carbocycles. The molecule has 1 aromatic carbocycles. The molecule has 0 radical (unpaired) electrons. The molecule has 3 rings (SSSR count). The SMILES string of the molecule is Oc1cc(O)c(-c2n[nH]c3c2NCCC3)cc1Cl. The van der Waals surface area contributed by atoms with Gasteiger partial charge in [0.1, 0.15) is 17.2 Å². The van der Waals surface area contributed by atoms with Gasteiger partial charge in [0.2, 0.25) is 0 Å². The van der Waals surface area contributed by atoms with E-state index in [4.69, 9.17) is 11.6 Å². The fourth-order valence-corrected chi connectivity index (χ4v) is 2.33. The number of nitrogens with one attached hydrogen (secondary N) is 2. The van der Waals surface area contributed by atoms with Gasteiger partial charge in [0, 0.05) is 18.2 Å². The highest BCUT2D eigenvalue weighted by Crippen LogP contribution is 2.40. The van der Waals surface area contributed by atoms with Crippen molar-refractivity contribution >= 4 is 17.3 Å². The Balaban J connectivity index is 2.15. The molecular formula is C12H12ClN3O2. The average Bonchev–Trinajstić information content (AvgIpc) is 2.78. The van der Waals surface area contributed by atoms with Crippen LogP contribution in [0.3, 0.4) is 0 Å². The molecule has 5 nitrogen and oxygen atoms in total. The summed E-state index contributed by atoms with van der Waals surface area (Å²) in [7, 11) is 0. The van der Waals surface area contributed by atoms with Crippen molar-refractivity contribution in [1.29, 1.82) is 0 Å². The van der Waals surface area contributed by atoms with Gasteiger partial charge in [0.05, 0.1) is 16.4 Å². The quantitative estimate of drug-likeness (QED) is 0.639. The fraction of sp³-hybridized carbons (Fsp3) is 0.250. The molecule has 94 valence electrons. The van der Waals surface area contributed by atoms with E-state index in [1.54, 1.807) is 0 Å². The van der Waals surface area contributed by atoms with Crippen molar-refractivity contribution in [3.05, 3.63) is 22.8 Å². The van der Waals surface area contributed by atoms with E-state index >= 15 is 0 Å². The summed E-state index contributed by atoms with van der Waals surface area (Å²) < 4.78 is 0. The van der Waals surface area contributed by atoms with Crippen LogP contribution in [0.1, 0.15) is 12.1 Å². The second-order valence-corrected chi connectivity index (χ2v) is 4.68. The van der Waals surface area contributed by atoms with E-state index in [9.17, 15) is 10.2 Å². The Bertz CT molecular complexity index is 610. The lowest BCUT2D eigenvalue weighted by Crippen LogP contribution is -2.10. The van der Waals surface area contributed by atoms with Gasteiger partial charge < -0.3 is 15.5 Å². The number of aromatic amines is 1. The number of nitrogens with zero attached hydrogens (tertiary/aromatic N) is 1. The number of aromatic nitrogens is 2. The molecule has 0 amide bonds. The van der Waals surface area contributed by atoms with E-state index in [-0.39, 0.29) is 16.5 Å². The topological polar surface area (TPSA) is 81.2 Å². The summed E-state index contributed by atoms with van der Waals surface area (Å²) in [5.74, 6) is -0.186. The predicted molar refractivity (Wildman–Crippen MR) is 69.2 cm³/mol. The van der Waals surface area contributed by atoms with E-state index in [1.807, 2.05) is 0 Å². The number of benzene rings is 1. The number of aromatic hydroxyl groups is 2. The Labute approximate surface area is 108 Å². The van der Waals surface area contributed by atoms with Crippen LogP contribution in [-0.2, 0) is 6.42 Å². The minimum Gasteiger partial charge on any atom is -0.507 e. The standard InChI is InChI=1S/C12H12ClN3O2/c13-7-4-6(9(17)5-10(7)18)11-12-8(15-16-11)2-1-3-14-12/h4-5,14,17-18H,1-3H2,(H,15,16). The first-order chi connectivity index (χ1) is 8.66. The Morgan fingerprint density at radius 3 is 2.89 bits per heavy atom. The van der Waals surface area contributed by atoms with Gasteiger partial charge in [-0.25, -0.2) is 0 Å². The maximum absolute atomic E-state index is 9.89. The summed E-state index contributed by atoms with van der Waals surface area (Å²) in [6.45, 7) is 0.881. The third kappa shape index (κ3) is 1.67. The van der Waals surface area contributed by atoms with Gasteiger partial charge >= 0.3 is 0 Å². The number of rotatable bonds is 1. The van der Waals surface area contributed by atoms with E-state index < -0.39 is 0 Å². The lowest BCUT2D eigenvalue weighted by molar-refractivity contribution is 0.452.